The number of nitrogens with zero attached hydrogens (tertiary/aromatic N) is 4. The monoisotopic (exact) mass is 463 g/mol. The molecule has 174 valence electrons. The Labute approximate surface area is 193 Å². The van der Waals surface area contributed by atoms with Crippen LogP contribution >= 0.6 is 0 Å². The number of carbonyl (C=O) groups is 1. The Morgan fingerprint density at radius 2 is 2.00 bits per heavy atom. The molecule has 0 radical (unpaired) electrons. The van der Waals surface area contributed by atoms with Crippen LogP contribution in [0.3, 0.4) is 0 Å². The molecule has 9 nitrogen and oxygen atoms in total. The molecule has 34 heavy (non-hydrogen) atoms. The van der Waals surface area contributed by atoms with E-state index >= 15 is 0 Å². The zero-order valence-electron chi connectivity index (χ0n) is 18.4. The molecule has 10 heteroatoms. The van der Waals surface area contributed by atoms with Gasteiger partial charge in [-0.05, 0) is 41.8 Å². The van der Waals surface area contributed by atoms with Crippen molar-refractivity contribution in [2.24, 2.45) is 5.92 Å². The van der Waals surface area contributed by atoms with Crippen LogP contribution in [0.5, 0.6) is 11.5 Å². The molecule has 1 aliphatic heterocycles. The van der Waals surface area contributed by atoms with Crippen molar-refractivity contribution >= 4 is 11.6 Å². The van der Waals surface area contributed by atoms with Crippen LogP contribution in [0, 0.1) is 11.7 Å². The molecule has 2 aromatic heterocycles. The van der Waals surface area contributed by atoms with Gasteiger partial charge in [0.05, 0.1) is 5.69 Å². The van der Waals surface area contributed by atoms with E-state index in [1.54, 1.807) is 22.9 Å². The fraction of sp³-hybridized carbons (Fsp3) is 0.250. The molecule has 0 saturated carbocycles. The highest BCUT2D eigenvalue weighted by molar-refractivity contribution is 5.76. The number of benzene rings is 2. The molecule has 0 aliphatic carbocycles. The van der Waals surface area contributed by atoms with Crippen LogP contribution in [0.4, 0.5) is 4.39 Å². The first-order chi connectivity index (χ1) is 16.5. The Hall–Kier alpha value is -4.21. The van der Waals surface area contributed by atoms with Gasteiger partial charge in [0.15, 0.2) is 11.5 Å². The van der Waals surface area contributed by atoms with Gasteiger partial charge in [-0.1, -0.05) is 19.1 Å². The Balaban J connectivity index is 1.23. The number of ether oxygens (including phenoxy) is 2. The van der Waals surface area contributed by atoms with Gasteiger partial charge in [-0.3, -0.25) is 18.6 Å². The highest BCUT2D eigenvalue weighted by Gasteiger charge is 2.17. The maximum absolute atomic E-state index is 13.6. The number of hydrogen-bond acceptors (Lipinski definition) is 6. The lowest BCUT2D eigenvalue weighted by molar-refractivity contribution is -0.122. The van der Waals surface area contributed by atoms with Crippen molar-refractivity contribution in [3.8, 4) is 17.2 Å². The SMILES string of the molecule is C[C@H](CC(=O)NCc1ccc2c(c1)OCO2)Cc1nnc2c(=O)n(-c3cccc(F)c3)ccn12. The molecule has 1 N–H and O–H groups in total. The van der Waals surface area contributed by atoms with Crippen molar-refractivity contribution in [1.82, 2.24) is 24.5 Å². The van der Waals surface area contributed by atoms with E-state index in [0.717, 1.165) is 5.56 Å². The van der Waals surface area contributed by atoms with E-state index in [-0.39, 0.29) is 24.3 Å². The molecule has 1 amide bonds. The molecule has 2 aromatic carbocycles. The predicted molar refractivity (Wildman–Crippen MR) is 120 cm³/mol. The maximum Gasteiger partial charge on any atom is 0.300 e. The summed E-state index contributed by atoms with van der Waals surface area (Å²) >= 11 is 0. The smallest absolute Gasteiger partial charge is 0.300 e. The lowest BCUT2D eigenvalue weighted by atomic mass is 10.0. The van der Waals surface area contributed by atoms with Gasteiger partial charge in [-0.2, -0.15) is 0 Å². The molecule has 0 fully saturated rings. The summed E-state index contributed by atoms with van der Waals surface area (Å²) in [6, 6.07) is 11.3. The van der Waals surface area contributed by atoms with Crippen molar-refractivity contribution in [1.29, 1.82) is 0 Å². The lowest BCUT2D eigenvalue weighted by Gasteiger charge is -2.11. The average molecular weight is 463 g/mol. The summed E-state index contributed by atoms with van der Waals surface area (Å²) < 4.78 is 27.2. The molecule has 0 bridgehead atoms. The topological polar surface area (TPSA) is 99.8 Å². The Morgan fingerprint density at radius 1 is 1.15 bits per heavy atom. The lowest BCUT2D eigenvalue weighted by Crippen LogP contribution is -2.25. The minimum absolute atomic E-state index is 0.0326. The molecule has 5 rings (SSSR count). The zero-order chi connectivity index (χ0) is 23.7. The summed E-state index contributed by atoms with van der Waals surface area (Å²) in [5, 5.41) is 11.1. The van der Waals surface area contributed by atoms with Gasteiger partial charge < -0.3 is 14.8 Å². The van der Waals surface area contributed by atoms with Gasteiger partial charge >= 0.3 is 5.56 Å². The van der Waals surface area contributed by atoms with Crippen LogP contribution < -0.4 is 20.3 Å². The van der Waals surface area contributed by atoms with E-state index in [2.05, 4.69) is 15.5 Å². The van der Waals surface area contributed by atoms with Crippen molar-refractivity contribution < 1.29 is 18.7 Å². The summed E-state index contributed by atoms with van der Waals surface area (Å²) in [7, 11) is 0. The number of hydrogen-bond donors (Lipinski definition) is 1. The largest absolute Gasteiger partial charge is 0.454 e. The first-order valence-corrected chi connectivity index (χ1v) is 10.8. The van der Waals surface area contributed by atoms with Gasteiger partial charge in [0.2, 0.25) is 18.3 Å². The highest BCUT2D eigenvalue weighted by Crippen LogP contribution is 2.32. The van der Waals surface area contributed by atoms with E-state index in [1.165, 1.54) is 22.8 Å². The maximum atomic E-state index is 13.6. The van der Waals surface area contributed by atoms with E-state index < -0.39 is 11.4 Å². The fourth-order valence-corrected chi connectivity index (χ4v) is 3.93. The molecule has 0 saturated heterocycles. The summed E-state index contributed by atoms with van der Waals surface area (Å²) in [6.07, 6.45) is 3.98. The number of fused-ring (bicyclic) bond motifs is 2. The molecule has 0 unspecified atom stereocenters. The van der Waals surface area contributed by atoms with Gasteiger partial charge in [0.1, 0.15) is 11.6 Å². The second-order valence-electron chi connectivity index (χ2n) is 8.24. The second kappa shape index (κ2) is 8.97. The van der Waals surface area contributed by atoms with E-state index in [1.807, 2.05) is 25.1 Å². The Bertz CT molecular complexity index is 1430. The average Bonchev–Trinajstić information content (AvgIpc) is 3.45. The first kappa shape index (κ1) is 21.6. The second-order valence-corrected chi connectivity index (χ2v) is 8.24. The fourth-order valence-electron chi connectivity index (χ4n) is 3.93. The minimum atomic E-state index is -0.433. The van der Waals surface area contributed by atoms with Crippen molar-refractivity contribution in [2.45, 2.75) is 26.3 Å². The normalized spacial score (nSPS) is 13.2. The Morgan fingerprint density at radius 3 is 2.85 bits per heavy atom. The Kier molecular flexibility index (Phi) is 5.70. The summed E-state index contributed by atoms with van der Waals surface area (Å²) in [6.45, 7) is 2.53. The third kappa shape index (κ3) is 4.34. The predicted octanol–water partition coefficient (Wildman–Crippen LogP) is 2.63. The molecule has 1 atom stereocenters. The van der Waals surface area contributed by atoms with Crippen LogP contribution in [0.15, 0.2) is 59.7 Å². The van der Waals surface area contributed by atoms with Crippen molar-refractivity contribution in [3.63, 3.8) is 0 Å². The number of rotatable bonds is 7. The minimum Gasteiger partial charge on any atom is -0.454 e. The quantitative estimate of drug-likeness (QED) is 0.452. The zero-order valence-corrected chi connectivity index (χ0v) is 18.4. The van der Waals surface area contributed by atoms with Crippen LogP contribution in [-0.4, -0.2) is 31.9 Å². The van der Waals surface area contributed by atoms with E-state index in [9.17, 15) is 14.0 Å². The number of nitrogens with one attached hydrogen (secondary N) is 1. The summed E-state index contributed by atoms with van der Waals surface area (Å²) in [4.78, 5) is 25.3. The number of aromatic nitrogens is 4. The van der Waals surface area contributed by atoms with Gasteiger partial charge in [-0.15, -0.1) is 10.2 Å². The number of carbonyl (C=O) groups excluding carboxylic acids is 1. The van der Waals surface area contributed by atoms with Gasteiger partial charge in [0, 0.05) is 31.8 Å². The van der Waals surface area contributed by atoms with Gasteiger partial charge in [0.25, 0.3) is 0 Å². The molecular weight excluding hydrogens is 441 g/mol. The van der Waals surface area contributed by atoms with Crippen molar-refractivity contribution in [3.05, 3.63) is 82.4 Å². The summed E-state index contributed by atoms with van der Waals surface area (Å²) in [5.41, 5.74) is 1.06. The van der Waals surface area contributed by atoms with Crippen LogP contribution in [0.25, 0.3) is 11.3 Å². The summed E-state index contributed by atoms with van der Waals surface area (Å²) in [5.74, 6) is 1.40. The first-order valence-electron chi connectivity index (χ1n) is 10.8. The molecule has 3 heterocycles. The third-order valence-electron chi connectivity index (χ3n) is 5.62. The molecule has 1 aliphatic rings. The molecule has 4 aromatic rings. The standard InChI is InChI=1S/C24H22FN5O4/c1-15(10-22(31)26-13-16-5-6-19-20(11-16)34-14-33-19)9-21-27-28-23-24(32)29(7-8-30(21)23)18-4-2-3-17(25)12-18/h2-8,11-12,15H,9-10,13-14H2,1H3,(H,26,31)/t15-/m0/s1. The number of amides is 1. The van der Waals surface area contributed by atoms with E-state index in [4.69, 9.17) is 9.47 Å². The molecule has 0 spiro atoms. The highest BCUT2D eigenvalue weighted by atomic mass is 19.1. The van der Waals surface area contributed by atoms with Crippen LogP contribution in [0.2, 0.25) is 0 Å². The van der Waals surface area contributed by atoms with E-state index in [0.29, 0.717) is 42.4 Å². The molecular formula is C24H22FN5O4. The third-order valence-corrected chi connectivity index (χ3v) is 5.62. The van der Waals surface area contributed by atoms with Crippen LogP contribution in [0.1, 0.15) is 24.7 Å². The van der Waals surface area contributed by atoms with Crippen molar-refractivity contribution in [2.75, 3.05) is 6.79 Å². The number of halogens is 1. The van der Waals surface area contributed by atoms with Gasteiger partial charge in [-0.25, -0.2) is 4.39 Å². The van der Waals surface area contributed by atoms with Crippen LogP contribution in [-0.2, 0) is 17.8 Å².